The van der Waals surface area contributed by atoms with E-state index in [4.69, 9.17) is 0 Å². The summed E-state index contributed by atoms with van der Waals surface area (Å²) in [7, 11) is 0. The van der Waals surface area contributed by atoms with E-state index in [1.54, 1.807) is 0 Å². The van der Waals surface area contributed by atoms with Gasteiger partial charge in [-0.05, 0) is 0 Å². The molecule has 0 saturated carbocycles. The van der Waals surface area contributed by atoms with Crippen molar-refractivity contribution in [1.29, 1.82) is 0 Å². The number of benzene rings is 2. The molecule has 0 aromatic heterocycles. The Labute approximate surface area is 83.9 Å². The fourth-order valence-electron chi connectivity index (χ4n) is 1.07. The van der Waals surface area contributed by atoms with Crippen LogP contribution in [0.4, 0.5) is 0 Å². The first-order valence-electron chi connectivity index (χ1n) is 3.32. The second-order valence-corrected chi connectivity index (χ2v) is 2.27. The summed E-state index contributed by atoms with van der Waals surface area (Å²) in [4.78, 5) is 0. The molecule has 0 aliphatic carbocycles. The molecule has 0 bridgehead atoms. The molecule has 2 rings (SSSR count). The largest absolute Gasteiger partial charge is 2.00 e. The Hall–Kier alpha value is -0.534. The summed E-state index contributed by atoms with van der Waals surface area (Å²) in [5, 5.41) is 2.53. The Balaban J connectivity index is 0.000000605. The Morgan fingerprint density at radius 2 is 1.73 bits per heavy atom. The first-order chi connectivity index (χ1) is 4.97. The van der Waals surface area contributed by atoms with Crippen molar-refractivity contribution in [2.24, 2.45) is 0 Å². The average molecular weight is 152 g/mol. The average Bonchev–Trinajstić information content (AvgIpc) is 2.05. The first kappa shape index (κ1) is 8.56. The zero-order chi connectivity index (χ0) is 6.81. The third-order valence-corrected chi connectivity index (χ3v) is 1.59. The molecule has 50 valence electrons. The van der Waals surface area contributed by atoms with E-state index < -0.39 is 0 Å². The topological polar surface area (TPSA) is 0 Å². The second-order valence-electron chi connectivity index (χ2n) is 2.27. The SMILES string of the molecule is [H-].[Mg+2].[c-]1ccc2ccccc2c1. The quantitative estimate of drug-likeness (QED) is 0.402. The smallest absolute Gasteiger partial charge is 1.00 e. The van der Waals surface area contributed by atoms with Gasteiger partial charge in [0.2, 0.25) is 0 Å². The van der Waals surface area contributed by atoms with Crippen LogP contribution in [0.3, 0.4) is 0 Å². The van der Waals surface area contributed by atoms with Crippen LogP contribution in [0.25, 0.3) is 10.8 Å². The summed E-state index contributed by atoms with van der Waals surface area (Å²) in [5.74, 6) is 0. The molecule has 0 atom stereocenters. The van der Waals surface area contributed by atoms with Crippen LogP contribution in [0.2, 0.25) is 0 Å². The van der Waals surface area contributed by atoms with Gasteiger partial charge in [-0.1, -0.05) is 18.2 Å². The van der Waals surface area contributed by atoms with E-state index in [1.165, 1.54) is 10.8 Å². The van der Waals surface area contributed by atoms with Crippen molar-refractivity contribution in [2.45, 2.75) is 0 Å². The van der Waals surface area contributed by atoms with Crippen LogP contribution in [0.15, 0.2) is 42.5 Å². The van der Waals surface area contributed by atoms with Gasteiger partial charge in [-0.3, -0.25) is 0 Å². The summed E-state index contributed by atoms with van der Waals surface area (Å²) >= 11 is 0. The van der Waals surface area contributed by atoms with Gasteiger partial charge in [0.05, 0.1) is 0 Å². The van der Waals surface area contributed by atoms with Crippen molar-refractivity contribution in [1.82, 2.24) is 0 Å². The summed E-state index contributed by atoms with van der Waals surface area (Å²) in [6.07, 6.45) is 0. The predicted molar refractivity (Wildman–Crippen MR) is 49.7 cm³/mol. The van der Waals surface area contributed by atoms with Crippen molar-refractivity contribution < 1.29 is 1.43 Å². The van der Waals surface area contributed by atoms with Crippen LogP contribution in [-0.4, -0.2) is 23.1 Å². The Bertz CT molecular complexity index is 281. The molecular formula is C10H8Mg. The molecule has 11 heavy (non-hydrogen) atoms. The molecule has 0 nitrogen and oxygen atoms in total. The van der Waals surface area contributed by atoms with E-state index in [-0.39, 0.29) is 24.5 Å². The molecule has 0 N–H and O–H groups in total. The van der Waals surface area contributed by atoms with Crippen LogP contribution < -0.4 is 0 Å². The molecular weight excluding hydrogens is 144 g/mol. The molecule has 2 aromatic carbocycles. The molecule has 0 saturated heterocycles. The van der Waals surface area contributed by atoms with Gasteiger partial charge in [-0.2, -0.15) is 24.3 Å². The maximum atomic E-state index is 3.04. The van der Waals surface area contributed by atoms with E-state index in [1.807, 2.05) is 24.3 Å². The molecule has 0 aliphatic heterocycles. The zero-order valence-electron chi connectivity index (χ0n) is 7.25. The fraction of sp³-hybridized carbons (Fsp3) is 0. The molecule has 0 unspecified atom stereocenters. The third kappa shape index (κ3) is 1.73. The first-order valence-corrected chi connectivity index (χ1v) is 3.32. The van der Waals surface area contributed by atoms with Crippen LogP contribution in [0.5, 0.6) is 0 Å². The van der Waals surface area contributed by atoms with Gasteiger partial charge in [0, 0.05) is 0 Å². The fourth-order valence-corrected chi connectivity index (χ4v) is 1.07. The molecule has 0 spiro atoms. The van der Waals surface area contributed by atoms with E-state index >= 15 is 0 Å². The third-order valence-electron chi connectivity index (χ3n) is 1.59. The van der Waals surface area contributed by atoms with E-state index in [9.17, 15) is 0 Å². The van der Waals surface area contributed by atoms with Crippen molar-refractivity contribution in [3.8, 4) is 0 Å². The molecule has 0 fully saturated rings. The normalized spacial score (nSPS) is 9.09. The van der Waals surface area contributed by atoms with Crippen LogP contribution in [0, 0.1) is 6.07 Å². The van der Waals surface area contributed by atoms with Crippen molar-refractivity contribution >= 4 is 33.8 Å². The van der Waals surface area contributed by atoms with Crippen LogP contribution >= 0.6 is 0 Å². The molecule has 0 heterocycles. The van der Waals surface area contributed by atoms with Gasteiger partial charge in [0.25, 0.3) is 0 Å². The Kier molecular flexibility index (Phi) is 2.91. The number of hydrogen-bond acceptors (Lipinski definition) is 0. The van der Waals surface area contributed by atoms with Gasteiger partial charge < -0.3 is 1.43 Å². The number of rotatable bonds is 0. The summed E-state index contributed by atoms with van der Waals surface area (Å²) in [6, 6.07) is 17.3. The van der Waals surface area contributed by atoms with Crippen molar-refractivity contribution in [3.63, 3.8) is 0 Å². The minimum absolute atomic E-state index is 0. The monoisotopic (exact) mass is 152 g/mol. The molecule has 1 heteroatoms. The van der Waals surface area contributed by atoms with Gasteiger partial charge in [-0.25, -0.2) is 0 Å². The Morgan fingerprint density at radius 1 is 1.00 bits per heavy atom. The van der Waals surface area contributed by atoms with Gasteiger partial charge >= 0.3 is 23.1 Å². The standard InChI is InChI=1S/C10H7.Mg.H/c1-2-6-10-8-4-3-7-9(10)5-1;;/h1-3,5-8H;;/q-1;+2;-1. The van der Waals surface area contributed by atoms with Crippen molar-refractivity contribution in [2.75, 3.05) is 0 Å². The van der Waals surface area contributed by atoms with Gasteiger partial charge in [-0.15, -0.1) is 16.8 Å². The maximum Gasteiger partial charge on any atom is 2.00 e. The van der Waals surface area contributed by atoms with Crippen LogP contribution in [-0.2, 0) is 0 Å². The number of fused-ring (bicyclic) bond motifs is 1. The van der Waals surface area contributed by atoms with E-state index in [0.29, 0.717) is 0 Å². The molecule has 2 aromatic rings. The van der Waals surface area contributed by atoms with Gasteiger partial charge in [0.15, 0.2) is 0 Å². The van der Waals surface area contributed by atoms with E-state index in [2.05, 4.69) is 24.3 Å². The summed E-state index contributed by atoms with van der Waals surface area (Å²) < 4.78 is 0. The molecule has 0 amide bonds. The zero-order valence-corrected chi connectivity index (χ0v) is 7.66. The Morgan fingerprint density at radius 3 is 2.45 bits per heavy atom. The molecule has 0 radical (unpaired) electrons. The van der Waals surface area contributed by atoms with Crippen molar-refractivity contribution in [3.05, 3.63) is 48.5 Å². The van der Waals surface area contributed by atoms with Gasteiger partial charge in [0.1, 0.15) is 0 Å². The second kappa shape index (κ2) is 3.74. The summed E-state index contributed by atoms with van der Waals surface area (Å²) in [6.45, 7) is 0. The molecule has 0 aliphatic rings. The maximum absolute atomic E-state index is 3.04. The predicted octanol–water partition coefficient (Wildman–Crippen LogP) is 2.37. The number of hydrogen-bond donors (Lipinski definition) is 0. The summed E-state index contributed by atoms with van der Waals surface area (Å²) in [5.41, 5.74) is 0. The minimum atomic E-state index is 0. The minimum Gasteiger partial charge on any atom is -1.00 e. The van der Waals surface area contributed by atoms with Crippen LogP contribution in [0.1, 0.15) is 1.43 Å². The van der Waals surface area contributed by atoms with E-state index in [0.717, 1.165) is 0 Å².